The predicted molar refractivity (Wildman–Crippen MR) is 106 cm³/mol. The lowest BCUT2D eigenvalue weighted by Gasteiger charge is -2.27. The van der Waals surface area contributed by atoms with Crippen molar-refractivity contribution in [3.8, 4) is 5.88 Å². The Labute approximate surface area is 184 Å². The highest BCUT2D eigenvalue weighted by molar-refractivity contribution is 5.76. The molecule has 2 atom stereocenters. The van der Waals surface area contributed by atoms with Crippen LogP contribution in [0.3, 0.4) is 0 Å². The van der Waals surface area contributed by atoms with E-state index in [1.54, 1.807) is 32.3 Å². The summed E-state index contributed by atoms with van der Waals surface area (Å²) in [6.45, 7) is 4.77. The lowest BCUT2D eigenvalue weighted by Crippen LogP contribution is -2.37. The van der Waals surface area contributed by atoms with Crippen LogP contribution in [0.1, 0.15) is 5.56 Å². The van der Waals surface area contributed by atoms with E-state index in [2.05, 4.69) is 16.0 Å². The number of carboxylic acids is 1. The van der Waals surface area contributed by atoms with Crippen LogP contribution >= 0.6 is 0 Å². The Bertz CT molecular complexity index is 792. The molecule has 0 aliphatic carbocycles. The van der Waals surface area contributed by atoms with Crippen molar-refractivity contribution in [1.82, 2.24) is 14.8 Å². The van der Waals surface area contributed by atoms with Gasteiger partial charge < -0.3 is 24.2 Å². The first-order chi connectivity index (χ1) is 15.0. The van der Waals surface area contributed by atoms with Crippen molar-refractivity contribution in [1.29, 1.82) is 0 Å². The smallest absolute Gasteiger partial charge is 0.481 e. The Balaban J connectivity index is 0.000000451. The van der Waals surface area contributed by atoms with E-state index in [4.69, 9.17) is 24.1 Å². The monoisotopic (exact) mass is 463 g/mol. The summed E-state index contributed by atoms with van der Waals surface area (Å²) >= 11 is 0. The minimum atomic E-state index is -5.08. The molecule has 180 valence electrons. The fourth-order valence-corrected chi connectivity index (χ4v) is 3.71. The van der Waals surface area contributed by atoms with E-state index in [-0.39, 0.29) is 17.9 Å². The van der Waals surface area contributed by atoms with E-state index in [9.17, 15) is 18.0 Å². The van der Waals surface area contributed by atoms with Crippen LogP contribution in [0.5, 0.6) is 5.88 Å². The van der Waals surface area contributed by atoms with E-state index in [1.165, 1.54) is 0 Å². The number of carboxylic acid groups (broad SMARTS) is 1. The van der Waals surface area contributed by atoms with Crippen molar-refractivity contribution >= 4 is 11.9 Å². The molecule has 1 amide bonds. The number of amides is 1. The summed E-state index contributed by atoms with van der Waals surface area (Å²) in [5.41, 5.74) is 1.06. The molecular weight excluding hydrogens is 435 g/mol. The molecule has 2 fully saturated rings. The third kappa shape index (κ3) is 6.78. The van der Waals surface area contributed by atoms with Gasteiger partial charge in [0.1, 0.15) is 6.61 Å². The number of nitrogens with zero attached hydrogens (tertiary/aromatic N) is 3. The van der Waals surface area contributed by atoms with E-state index in [0.717, 1.165) is 31.8 Å². The number of hydrogen-bond acceptors (Lipinski definition) is 7. The average Bonchev–Trinajstić information content (AvgIpc) is 3.24. The molecule has 3 rings (SSSR count). The zero-order chi connectivity index (χ0) is 23.9. The molecule has 1 aromatic rings. The average molecular weight is 463 g/mol. The first-order valence-corrected chi connectivity index (χ1v) is 9.84. The maximum Gasteiger partial charge on any atom is 0.490 e. The van der Waals surface area contributed by atoms with E-state index >= 15 is 0 Å². The first kappa shape index (κ1) is 25.8. The highest BCUT2D eigenvalue weighted by atomic mass is 19.4. The minimum Gasteiger partial charge on any atom is -0.481 e. The number of halogens is 3. The lowest BCUT2D eigenvalue weighted by atomic mass is 9.82. The first-order valence-electron chi connectivity index (χ1n) is 9.84. The summed E-state index contributed by atoms with van der Waals surface area (Å²) < 4.78 is 48.6. The van der Waals surface area contributed by atoms with Gasteiger partial charge in [0.2, 0.25) is 11.8 Å². The molecule has 2 aliphatic heterocycles. The zero-order valence-corrected chi connectivity index (χ0v) is 18.2. The van der Waals surface area contributed by atoms with Crippen molar-refractivity contribution in [2.45, 2.75) is 12.7 Å². The number of alkyl halides is 3. The number of ether oxygens (including phenoxy) is 3. The Morgan fingerprint density at radius 2 is 2.09 bits per heavy atom. The van der Waals surface area contributed by atoms with Gasteiger partial charge in [0, 0.05) is 56.8 Å². The normalized spacial score (nSPS) is 22.6. The number of fused-ring (bicyclic) bond motifs is 1. The molecule has 2 aliphatic rings. The number of likely N-dealkylation sites (N-methyl/N-ethyl adjacent to an activating group) is 1. The van der Waals surface area contributed by atoms with Gasteiger partial charge in [0.05, 0.1) is 26.9 Å². The molecule has 0 aromatic carbocycles. The van der Waals surface area contributed by atoms with Gasteiger partial charge in [-0.25, -0.2) is 9.78 Å². The summed E-state index contributed by atoms with van der Waals surface area (Å²) in [5.74, 6) is -1.66. The SMILES string of the molecule is COc1ncccc1CN1C[C@@H]2COC[C@]2(COCC(=O)N(C)C)C1.O=C(O)C(F)(F)F. The van der Waals surface area contributed by atoms with E-state index in [0.29, 0.717) is 25.0 Å². The largest absolute Gasteiger partial charge is 0.490 e. The number of rotatable bonds is 7. The quantitative estimate of drug-likeness (QED) is 0.646. The molecule has 0 unspecified atom stereocenters. The van der Waals surface area contributed by atoms with E-state index < -0.39 is 12.1 Å². The summed E-state index contributed by atoms with van der Waals surface area (Å²) in [6, 6.07) is 3.99. The summed E-state index contributed by atoms with van der Waals surface area (Å²) in [5, 5.41) is 7.12. The number of likely N-dealkylation sites (tertiary alicyclic amines) is 1. The summed E-state index contributed by atoms with van der Waals surface area (Å²) in [6.07, 6.45) is -3.34. The van der Waals surface area contributed by atoms with Gasteiger partial charge in [-0.15, -0.1) is 0 Å². The van der Waals surface area contributed by atoms with Crippen LogP contribution in [-0.4, -0.2) is 98.7 Å². The Morgan fingerprint density at radius 3 is 2.69 bits per heavy atom. The van der Waals surface area contributed by atoms with Crippen LogP contribution in [0, 0.1) is 11.3 Å². The second-order valence-electron chi connectivity index (χ2n) is 8.00. The lowest BCUT2D eigenvalue weighted by molar-refractivity contribution is -0.192. The number of carbonyl (C=O) groups is 2. The molecular formula is C20H28F3N3O6. The number of carbonyl (C=O) groups excluding carboxylic acids is 1. The number of hydrogen-bond donors (Lipinski definition) is 1. The summed E-state index contributed by atoms with van der Waals surface area (Å²) in [4.78, 5) is 28.8. The van der Waals surface area contributed by atoms with Crippen LogP contribution in [0.4, 0.5) is 13.2 Å². The third-order valence-electron chi connectivity index (χ3n) is 5.39. The fraction of sp³-hybridized carbons (Fsp3) is 0.650. The summed E-state index contributed by atoms with van der Waals surface area (Å²) in [7, 11) is 5.13. The standard InChI is InChI=1S/C18H27N3O4.C2HF3O2/c1-20(2)16(22)10-25-13-18-11-21(8-15(18)9-24-12-18)7-14-5-4-6-19-17(14)23-3;3-2(4,5)1(6)7/h4-6,15H,7-13H2,1-3H3;(H,6,7)/t15-,18+;/m1./s1. The van der Waals surface area contributed by atoms with E-state index in [1.807, 2.05) is 6.07 Å². The molecule has 0 spiro atoms. The second kappa shape index (κ2) is 10.9. The number of pyridine rings is 1. The van der Waals surface area contributed by atoms with Gasteiger partial charge >= 0.3 is 12.1 Å². The molecule has 32 heavy (non-hydrogen) atoms. The van der Waals surface area contributed by atoms with Crippen molar-refractivity contribution in [3.63, 3.8) is 0 Å². The molecule has 2 saturated heterocycles. The zero-order valence-electron chi connectivity index (χ0n) is 18.2. The Hall–Kier alpha value is -2.44. The number of aliphatic carboxylic acids is 1. The van der Waals surface area contributed by atoms with Crippen LogP contribution in [0.15, 0.2) is 18.3 Å². The topological polar surface area (TPSA) is 101 Å². The minimum absolute atomic E-state index is 0.0122. The Kier molecular flexibility index (Phi) is 8.81. The van der Waals surface area contributed by atoms with Crippen molar-refractivity contribution in [2.75, 3.05) is 60.7 Å². The number of aromatic nitrogens is 1. The predicted octanol–water partition coefficient (Wildman–Crippen LogP) is 1.28. The molecule has 9 nitrogen and oxygen atoms in total. The van der Waals surface area contributed by atoms with Gasteiger partial charge in [-0.2, -0.15) is 13.2 Å². The van der Waals surface area contributed by atoms with Crippen LogP contribution in [0.25, 0.3) is 0 Å². The van der Waals surface area contributed by atoms with Crippen molar-refractivity contribution < 1.29 is 42.1 Å². The second-order valence-corrected chi connectivity index (χ2v) is 8.00. The molecule has 1 N–H and O–H groups in total. The van der Waals surface area contributed by atoms with Gasteiger partial charge in [-0.3, -0.25) is 9.69 Å². The maximum atomic E-state index is 11.7. The van der Waals surface area contributed by atoms with Crippen molar-refractivity contribution in [3.05, 3.63) is 23.9 Å². The van der Waals surface area contributed by atoms with Gasteiger partial charge in [-0.05, 0) is 6.07 Å². The van der Waals surface area contributed by atoms with Crippen LogP contribution in [0.2, 0.25) is 0 Å². The Morgan fingerprint density at radius 1 is 1.41 bits per heavy atom. The maximum absolute atomic E-state index is 11.7. The van der Waals surface area contributed by atoms with Gasteiger partial charge in [-0.1, -0.05) is 6.07 Å². The van der Waals surface area contributed by atoms with Crippen molar-refractivity contribution in [2.24, 2.45) is 11.3 Å². The number of methoxy groups -OCH3 is 1. The highest BCUT2D eigenvalue weighted by Gasteiger charge is 2.50. The highest BCUT2D eigenvalue weighted by Crippen LogP contribution is 2.42. The molecule has 3 heterocycles. The van der Waals surface area contributed by atoms with Crippen LogP contribution < -0.4 is 4.74 Å². The van der Waals surface area contributed by atoms with Gasteiger partial charge in [0.15, 0.2) is 0 Å². The molecule has 0 saturated carbocycles. The third-order valence-corrected chi connectivity index (χ3v) is 5.39. The van der Waals surface area contributed by atoms with Crippen LogP contribution in [-0.2, 0) is 25.6 Å². The molecule has 0 radical (unpaired) electrons. The molecule has 0 bridgehead atoms. The molecule has 12 heteroatoms. The molecule has 1 aromatic heterocycles. The fourth-order valence-electron chi connectivity index (χ4n) is 3.71. The van der Waals surface area contributed by atoms with Gasteiger partial charge in [0.25, 0.3) is 0 Å².